The van der Waals surface area contributed by atoms with Crippen LogP contribution in [-0.4, -0.2) is 30.6 Å². The molecule has 0 radical (unpaired) electrons. The Hall–Kier alpha value is -2.66. The lowest BCUT2D eigenvalue weighted by Crippen LogP contribution is -2.44. The maximum absolute atomic E-state index is 13.8. The number of ether oxygens (including phenoxy) is 1. The smallest absolute Gasteiger partial charge is 0.267 e. The van der Waals surface area contributed by atoms with Crippen LogP contribution in [0.15, 0.2) is 42.5 Å². The van der Waals surface area contributed by atoms with Crippen LogP contribution in [-0.2, 0) is 10.2 Å². The standard InChI is InChI=1S/C23H25FN2O2/c1-15-6-7-20-19(16(15)2)13-21(26-20)22(27)25-14-23(8-10-28-11-9-23)17-4-3-5-18(24)12-17/h3-7,12-13,26H,8-11,14H2,1-2H3,(H,25,27). The lowest BCUT2D eigenvalue weighted by Gasteiger charge is -2.38. The lowest BCUT2D eigenvalue weighted by atomic mass is 9.74. The van der Waals surface area contributed by atoms with Gasteiger partial charge in [0.1, 0.15) is 11.5 Å². The highest BCUT2D eigenvalue weighted by molar-refractivity contribution is 5.99. The molecule has 146 valence electrons. The maximum Gasteiger partial charge on any atom is 0.267 e. The number of amides is 1. The highest BCUT2D eigenvalue weighted by Crippen LogP contribution is 2.34. The average Bonchev–Trinajstić information content (AvgIpc) is 3.15. The molecule has 0 saturated carbocycles. The first kappa shape index (κ1) is 18.7. The molecule has 3 aromatic rings. The number of aromatic amines is 1. The van der Waals surface area contributed by atoms with E-state index in [-0.39, 0.29) is 17.1 Å². The zero-order valence-electron chi connectivity index (χ0n) is 16.3. The second kappa shape index (κ2) is 7.40. The number of carbonyl (C=O) groups excluding carboxylic acids is 1. The summed E-state index contributed by atoms with van der Waals surface area (Å²) < 4.78 is 19.3. The first-order valence-electron chi connectivity index (χ1n) is 9.69. The minimum absolute atomic E-state index is 0.143. The number of aromatic nitrogens is 1. The van der Waals surface area contributed by atoms with E-state index in [4.69, 9.17) is 4.74 Å². The molecule has 4 nitrogen and oxygen atoms in total. The van der Waals surface area contributed by atoms with E-state index in [0.717, 1.165) is 29.3 Å². The van der Waals surface area contributed by atoms with Crippen molar-refractivity contribution < 1.29 is 13.9 Å². The molecule has 1 aromatic heterocycles. The van der Waals surface area contributed by atoms with Crippen LogP contribution in [0.4, 0.5) is 4.39 Å². The van der Waals surface area contributed by atoms with Gasteiger partial charge in [-0.05, 0) is 67.6 Å². The summed E-state index contributed by atoms with van der Waals surface area (Å²) in [4.78, 5) is 16.1. The summed E-state index contributed by atoms with van der Waals surface area (Å²) in [5, 5.41) is 4.14. The van der Waals surface area contributed by atoms with E-state index in [9.17, 15) is 9.18 Å². The molecule has 0 spiro atoms. The van der Waals surface area contributed by atoms with Crippen molar-refractivity contribution in [1.82, 2.24) is 10.3 Å². The topological polar surface area (TPSA) is 54.1 Å². The fourth-order valence-electron chi connectivity index (χ4n) is 4.07. The third-order valence-corrected chi connectivity index (χ3v) is 6.06. The molecule has 1 saturated heterocycles. The van der Waals surface area contributed by atoms with Crippen molar-refractivity contribution in [3.8, 4) is 0 Å². The van der Waals surface area contributed by atoms with Crippen LogP contribution in [0.25, 0.3) is 10.9 Å². The highest BCUT2D eigenvalue weighted by atomic mass is 19.1. The van der Waals surface area contributed by atoms with Gasteiger partial charge in [0, 0.05) is 36.1 Å². The van der Waals surface area contributed by atoms with Gasteiger partial charge in [-0.2, -0.15) is 0 Å². The first-order chi connectivity index (χ1) is 13.5. The predicted octanol–water partition coefficient (Wildman–Crippen LogP) is 4.40. The number of nitrogens with one attached hydrogen (secondary N) is 2. The summed E-state index contributed by atoms with van der Waals surface area (Å²) in [5.74, 6) is -0.397. The van der Waals surface area contributed by atoms with Crippen molar-refractivity contribution in [2.45, 2.75) is 32.1 Å². The Morgan fingerprint density at radius 3 is 2.71 bits per heavy atom. The van der Waals surface area contributed by atoms with Crippen LogP contribution >= 0.6 is 0 Å². The molecular formula is C23H25FN2O2. The van der Waals surface area contributed by atoms with E-state index in [1.807, 2.05) is 18.2 Å². The number of rotatable bonds is 4. The molecular weight excluding hydrogens is 355 g/mol. The Labute approximate surface area is 164 Å². The van der Waals surface area contributed by atoms with E-state index >= 15 is 0 Å². The summed E-state index contributed by atoms with van der Waals surface area (Å²) in [6, 6.07) is 12.7. The summed E-state index contributed by atoms with van der Waals surface area (Å²) in [6.45, 7) is 5.80. The van der Waals surface area contributed by atoms with Crippen molar-refractivity contribution in [1.29, 1.82) is 0 Å². The molecule has 4 rings (SSSR count). The number of benzene rings is 2. The number of aryl methyl sites for hydroxylation is 2. The van der Waals surface area contributed by atoms with Gasteiger partial charge in [0.25, 0.3) is 5.91 Å². The van der Waals surface area contributed by atoms with Gasteiger partial charge >= 0.3 is 0 Å². The second-order valence-electron chi connectivity index (χ2n) is 7.74. The second-order valence-corrected chi connectivity index (χ2v) is 7.74. The number of H-pyrrole nitrogens is 1. The predicted molar refractivity (Wildman–Crippen MR) is 108 cm³/mol. The van der Waals surface area contributed by atoms with Crippen molar-refractivity contribution >= 4 is 16.8 Å². The Morgan fingerprint density at radius 1 is 1.18 bits per heavy atom. The van der Waals surface area contributed by atoms with Crippen LogP contribution in [0.1, 0.15) is 40.0 Å². The van der Waals surface area contributed by atoms with Gasteiger partial charge in [-0.25, -0.2) is 4.39 Å². The molecule has 5 heteroatoms. The minimum Gasteiger partial charge on any atom is -0.381 e. The highest BCUT2D eigenvalue weighted by Gasteiger charge is 2.35. The van der Waals surface area contributed by atoms with Gasteiger partial charge in [0.15, 0.2) is 0 Å². The monoisotopic (exact) mass is 380 g/mol. The Kier molecular flexibility index (Phi) is 4.94. The summed E-state index contributed by atoms with van der Waals surface area (Å²) in [7, 11) is 0. The molecule has 1 aliphatic heterocycles. The van der Waals surface area contributed by atoms with Crippen molar-refractivity contribution in [2.75, 3.05) is 19.8 Å². The lowest BCUT2D eigenvalue weighted by molar-refractivity contribution is 0.0486. The molecule has 0 bridgehead atoms. The number of hydrogen-bond acceptors (Lipinski definition) is 2. The number of carbonyl (C=O) groups is 1. The van der Waals surface area contributed by atoms with Gasteiger partial charge < -0.3 is 15.0 Å². The molecule has 0 unspecified atom stereocenters. The zero-order chi connectivity index (χ0) is 19.7. The molecule has 28 heavy (non-hydrogen) atoms. The van der Waals surface area contributed by atoms with Gasteiger partial charge in [-0.3, -0.25) is 4.79 Å². The molecule has 0 aliphatic carbocycles. The largest absolute Gasteiger partial charge is 0.381 e. The summed E-state index contributed by atoms with van der Waals surface area (Å²) in [6.07, 6.45) is 1.50. The number of halogens is 1. The van der Waals surface area contributed by atoms with Gasteiger partial charge in [-0.15, -0.1) is 0 Å². The van der Waals surface area contributed by atoms with Crippen LogP contribution < -0.4 is 5.32 Å². The molecule has 0 atom stereocenters. The van der Waals surface area contributed by atoms with Crippen LogP contribution in [0, 0.1) is 19.7 Å². The third-order valence-electron chi connectivity index (χ3n) is 6.06. The van der Waals surface area contributed by atoms with E-state index < -0.39 is 0 Å². The van der Waals surface area contributed by atoms with Gasteiger partial charge in [-0.1, -0.05) is 18.2 Å². The fraction of sp³-hybridized carbons (Fsp3) is 0.348. The molecule has 1 amide bonds. The fourth-order valence-corrected chi connectivity index (χ4v) is 4.07. The quantitative estimate of drug-likeness (QED) is 0.705. The molecule has 1 fully saturated rings. The summed E-state index contributed by atoms with van der Waals surface area (Å²) in [5.41, 5.74) is 4.48. The van der Waals surface area contributed by atoms with Gasteiger partial charge in [0.05, 0.1) is 0 Å². The third kappa shape index (κ3) is 3.42. The van der Waals surface area contributed by atoms with Crippen molar-refractivity contribution in [2.24, 2.45) is 0 Å². The van der Waals surface area contributed by atoms with Gasteiger partial charge in [0.2, 0.25) is 0 Å². The van der Waals surface area contributed by atoms with Crippen molar-refractivity contribution in [3.63, 3.8) is 0 Å². The molecule has 2 heterocycles. The number of fused-ring (bicyclic) bond motifs is 1. The van der Waals surface area contributed by atoms with Crippen LogP contribution in [0.2, 0.25) is 0 Å². The van der Waals surface area contributed by atoms with E-state index in [0.29, 0.717) is 25.5 Å². The normalized spacial score (nSPS) is 16.2. The number of hydrogen-bond donors (Lipinski definition) is 2. The summed E-state index contributed by atoms with van der Waals surface area (Å²) >= 11 is 0. The molecule has 2 N–H and O–H groups in total. The Morgan fingerprint density at radius 2 is 1.96 bits per heavy atom. The maximum atomic E-state index is 13.8. The minimum atomic E-state index is -0.311. The molecule has 1 aliphatic rings. The SMILES string of the molecule is Cc1ccc2[nH]c(C(=O)NCC3(c4cccc(F)c4)CCOCC3)cc2c1C. The van der Waals surface area contributed by atoms with Crippen molar-refractivity contribution in [3.05, 3.63) is 70.7 Å². The average molecular weight is 380 g/mol. The zero-order valence-corrected chi connectivity index (χ0v) is 16.3. The Balaban J connectivity index is 1.57. The van der Waals surface area contributed by atoms with E-state index in [2.05, 4.69) is 30.2 Å². The Bertz CT molecular complexity index is 1020. The molecule has 2 aromatic carbocycles. The first-order valence-corrected chi connectivity index (χ1v) is 9.69. The van der Waals surface area contributed by atoms with E-state index in [1.54, 1.807) is 12.1 Å². The van der Waals surface area contributed by atoms with Crippen LogP contribution in [0.5, 0.6) is 0 Å². The van der Waals surface area contributed by atoms with E-state index in [1.165, 1.54) is 17.2 Å². The van der Waals surface area contributed by atoms with Crippen LogP contribution in [0.3, 0.4) is 0 Å².